The number of hydrogen-bond donors (Lipinski definition) is 3. The monoisotopic (exact) mass is 323 g/mol. The molecule has 1 aliphatic rings. The molecule has 126 valence electrons. The lowest BCUT2D eigenvalue weighted by molar-refractivity contribution is 0.613. The zero-order valence-electron chi connectivity index (χ0n) is 14.3. The molecule has 0 spiro atoms. The van der Waals surface area contributed by atoms with Crippen LogP contribution in [0.2, 0.25) is 0 Å². The van der Waals surface area contributed by atoms with Crippen LogP contribution in [-0.2, 0) is 0 Å². The summed E-state index contributed by atoms with van der Waals surface area (Å²) in [6.45, 7) is 5.62. The summed E-state index contributed by atoms with van der Waals surface area (Å²) in [5.41, 5.74) is 10.4. The molecule has 1 unspecified atom stereocenters. The van der Waals surface area contributed by atoms with E-state index in [9.17, 15) is 0 Å². The number of benzene rings is 1. The molecule has 0 amide bonds. The lowest BCUT2D eigenvalue weighted by atomic mass is 10.1. The Hall–Kier alpha value is -2.40. The normalized spacial score (nSPS) is 15.0. The Morgan fingerprint density at radius 3 is 2.96 bits per heavy atom. The number of anilines is 1. The zero-order valence-corrected chi connectivity index (χ0v) is 14.3. The second-order valence-electron chi connectivity index (χ2n) is 6.21. The third-order valence-corrected chi connectivity index (χ3v) is 4.30. The molecule has 0 aliphatic carbocycles. The first kappa shape index (κ1) is 16.5. The van der Waals surface area contributed by atoms with Crippen molar-refractivity contribution in [2.75, 3.05) is 18.5 Å². The first-order valence-corrected chi connectivity index (χ1v) is 8.52. The molecule has 0 fully saturated rings. The van der Waals surface area contributed by atoms with Crippen LogP contribution in [0.15, 0.2) is 35.3 Å². The number of nitrogens with zero attached hydrogens (tertiary/aromatic N) is 2. The summed E-state index contributed by atoms with van der Waals surface area (Å²) in [7, 11) is 0. The summed E-state index contributed by atoms with van der Waals surface area (Å²) in [6.07, 6.45) is 5.74. The quantitative estimate of drug-likeness (QED) is 0.764. The third-order valence-electron chi connectivity index (χ3n) is 4.30. The number of rotatable bonds is 6. The standard InChI is InChI=1S/C19H25N5/c1-3-15(20)6-9-22-19-16(18-7-8-21-12-23-18)11-14-10-13(2)4-5-17(14)24-19/h4-5,7-8,10-11,15,23H,3,6,9,12,20H2,1-2H3,(H,22,24). The molecule has 0 saturated heterocycles. The van der Waals surface area contributed by atoms with E-state index in [-0.39, 0.29) is 6.04 Å². The predicted octanol–water partition coefficient (Wildman–Crippen LogP) is 3.05. The van der Waals surface area contributed by atoms with Crippen molar-refractivity contribution in [2.24, 2.45) is 10.7 Å². The minimum Gasteiger partial charge on any atom is -0.369 e. The highest BCUT2D eigenvalue weighted by Crippen LogP contribution is 2.26. The van der Waals surface area contributed by atoms with Gasteiger partial charge in [-0.05, 0) is 44.0 Å². The van der Waals surface area contributed by atoms with Crippen LogP contribution in [0.4, 0.5) is 5.82 Å². The van der Waals surface area contributed by atoms with Gasteiger partial charge in [-0.1, -0.05) is 18.6 Å². The molecule has 0 radical (unpaired) electrons. The molecule has 2 heterocycles. The number of nitrogens with two attached hydrogens (primary N) is 1. The maximum Gasteiger partial charge on any atom is 0.136 e. The number of aliphatic imine (C=N–C) groups is 1. The number of allylic oxidation sites excluding steroid dienone is 1. The number of hydrogen-bond acceptors (Lipinski definition) is 5. The Labute approximate surface area is 143 Å². The molecule has 1 aliphatic heterocycles. The van der Waals surface area contributed by atoms with Crippen LogP contribution in [0.25, 0.3) is 16.6 Å². The van der Waals surface area contributed by atoms with E-state index in [4.69, 9.17) is 10.7 Å². The number of pyridine rings is 1. The van der Waals surface area contributed by atoms with Crippen LogP contribution in [-0.4, -0.2) is 30.5 Å². The highest BCUT2D eigenvalue weighted by molar-refractivity contribution is 5.92. The maximum absolute atomic E-state index is 6.02. The SMILES string of the molecule is CCC(N)CCNc1nc2ccc(C)cc2cc1C1=CC=NCN1. The van der Waals surface area contributed by atoms with E-state index in [1.807, 2.05) is 12.3 Å². The van der Waals surface area contributed by atoms with Crippen LogP contribution in [0.1, 0.15) is 30.9 Å². The average Bonchev–Trinajstić information content (AvgIpc) is 2.61. The lowest BCUT2D eigenvalue weighted by Gasteiger charge is -2.18. The van der Waals surface area contributed by atoms with Gasteiger partial charge in [0.2, 0.25) is 0 Å². The summed E-state index contributed by atoms with van der Waals surface area (Å²) in [6, 6.07) is 8.75. The van der Waals surface area contributed by atoms with Gasteiger partial charge in [-0.2, -0.15) is 0 Å². The fraction of sp³-hybridized carbons (Fsp3) is 0.368. The summed E-state index contributed by atoms with van der Waals surface area (Å²) in [5.74, 6) is 0.892. The molecule has 1 aromatic heterocycles. The highest BCUT2D eigenvalue weighted by Gasteiger charge is 2.12. The van der Waals surface area contributed by atoms with E-state index >= 15 is 0 Å². The second-order valence-corrected chi connectivity index (χ2v) is 6.21. The van der Waals surface area contributed by atoms with Crippen molar-refractivity contribution in [3.63, 3.8) is 0 Å². The summed E-state index contributed by atoms with van der Waals surface area (Å²) in [4.78, 5) is 9.02. The van der Waals surface area contributed by atoms with Crippen LogP contribution in [0.5, 0.6) is 0 Å². The van der Waals surface area contributed by atoms with Crippen molar-refractivity contribution in [2.45, 2.75) is 32.7 Å². The van der Waals surface area contributed by atoms with Crippen LogP contribution in [0.3, 0.4) is 0 Å². The first-order valence-electron chi connectivity index (χ1n) is 8.52. The Balaban J connectivity index is 1.95. The van der Waals surface area contributed by atoms with Gasteiger partial charge in [-0.25, -0.2) is 4.98 Å². The van der Waals surface area contributed by atoms with Gasteiger partial charge in [-0.3, -0.25) is 4.99 Å². The minimum atomic E-state index is 0.225. The molecule has 3 rings (SSSR count). The Morgan fingerprint density at radius 1 is 1.33 bits per heavy atom. The van der Waals surface area contributed by atoms with Crippen LogP contribution >= 0.6 is 0 Å². The average molecular weight is 323 g/mol. The number of nitrogens with one attached hydrogen (secondary N) is 2. The molecular formula is C19H25N5. The van der Waals surface area contributed by atoms with E-state index in [1.54, 1.807) is 0 Å². The van der Waals surface area contributed by atoms with Gasteiger partial charge in [0.15, 0.2) is 0 Å². The molecule has 2 aromatic rings. The molecule has 4 N–H and O–H groups in total. The Kier molecular flexibility index (Phi) is 5.11. The molecule has 1 atom stereocenters. The smallest absolute Gasteiger partial charge is 0.136 e. The van der Waals surface area contributed by atoms with Crippen molar-refractivity contribution < 1.29 is 0 Å². The Bertz CT molecular complexity index is 779. The van der Waals surface area contributed by atoms with E-state index in [0.29, 0.717) is 6.67 Å². The van der Waals surface area contributed by atoms with E-state index in [0.717, 1.165) is 47.4 Å². The van der Waals surface area contributed by atoms with Crippen molar-refractivity contribution in [3.8, 4) is 0 Å². The lowest BCUT2D eigenvalue weighted by Crippen LogP contribution is -2.23. The third kappa shape index (κ3) is 3.74. The molecule has 5 heteroatoms. The molecule has 0 bridgehead atoms. The predicted molar refractivity (Wildman–Crippen MR) is 102 cm³/mol. The molecule has 1 aromatic carbocycles. The second kappa shape index (κ2) is 7.45. The summed E-state index contributed by atoms with van der Waals surface area (Å²) < 4.78 is 0. The number of aromatic nitrogens is 1. The van der Waals surface area contributed by atoms with Gasteiger partial charge in [0, 0.05) is 35.4 Å². The highest BCUT2D eigenvalue weighted by atomic mass is 15.0. The Morgan fingerprint density at radius 2 is 2.21 bits per heavy atom. The van der Waals surface area contributed by atoms with Gasteiger partial charge >= 0.3 is 0 Å². The van der Waals surface area contributed by atoms with Gasteiger partial charge in [-0.15, -0.1) is 0 Å². The van der Waals surface area contributed by atoms with Gasteiger partial charge < -0.3 is 16.4 Å². The van der Waals surface area contributed by atoms with Crippen molar-refractivity contribution >= 4 is 28.6 Å². The van der Waals surface area contributed by atoms with Gasteiger partial charge in [0.05, 0.1) is 5.52 Å². The largest absolute Gasteiger partial charge is 0.369 e. The van der Waals surface area contributed by atoms with E-state index < -0.39 is 0 Å². The molecule has 24 heavy (non-hydrogen) atoms. The van der Waals surface area contributed by atoms with Crippen LogP contribution < -0.4 is 16.4 Å². The molecule has 5 nitrogen and oxygen atoms in total. The fourth-order valence-corrected chi connectivity index (χ4v) is 2.77. The fourth-order valence-electron chi connectivity index (χ4n) is 2.77. The van der Waals surface area contributed by atoms with Crippen molar-refractivity contribution in [3.05, 3.63) is 41.5 Å². The zero-order chi connectivity index (χ0) is 16.9. The number of aryl methyl sites for hydroxylation is 1. The minimum absolute atomic E-state index is 0.225. The summed E-state index contributed by atoms with van der Waals surface area (Å²) >= 11 is 0. The van der Waals surface area contributed by atoms with Crippen molar-refractivity contribution in [1.29, 1.82) is 0 Å². The van der Waals surface area contributed by atoms with Crippen LogP contribution in [0, 0.1) is 6.92 Å². The topological polar surface area (TPSA) is 75.3 Å². The molecule has 0 saturated carbocycles. The van der Waals surface area contributed by atoms with Crippen molar-refractivity contribution in [1.82, 2.24) is 10.3 Å². The summed E-state index contributed by atoms with van der Waals surface area (Å²) in [5, 5.41) is 7.93. The van der Waals surface area contributed by atoms with Gasteiger partial charge in [0.1, 0.15) is 12.5 Å². The molecular weight excluding hydrogens is 298 g/mol. The van der Waals surface area contributed by atoms with Gasteiger partial charge in [0.25, 0.3) is 0 Å². The number of fused-ring (bicyclic) bond motifs is 1. The van der Waals surface area contributed by atoms with E-state index in [1.165, 1.54) is 5.56 Å². The van der Waals surface area contributed by atoms with E-state index in [2.05, 4.69) is 53.7 Å². The maximum atomic E-state index is 6.02. The first-order chi connectivity index (χ1) is 11.7.